The summed E-state index contributed by atoms with van der Waals surface area (Å²) < 4.78 is 5.66. The van der Waals surface area contributed by atoms with Gasteiger partial charge in [0.2, 0.25) is 5.91 Å². The minimum atomic E-state index is -0.731. The van der Waals surface area contributed by atoms with E-state index in [2.05, 4.69) is 15.6 Å². The summed E-state index contributed by atoms with van der Waals surface area (Å²) in [6, 6.07) is 25.9. The molecule has 208 valence electrons. The van der Waals surface area contributed by atoms with E-state index in [0.717, 1.165) is 29.5 Å². The van der Waals surface area contributed by atoms with Gasteiger partial charge in [0, 0.05) is 28.3 Å². The number of hydrogen-bond acceptors (Lipinski definition) is 7. The Morgan fingerprint density at radius 3 is 2.34 bits per heavy atom. The molecule has 4 aromatic rings. The summed E-state index contributed by atoms with van der Waals surface area (Å²) >= 11 is 2.84. The number of anilines is 1. The SMILES string of the molecule is O=C(NC1CC1)c1ccc(-c2csc(NC(=O)C3CSC(c4ccccc4)N3C(=O)OCc3ccccc3)n2)cc1. The molecule has 1 aromatic heterocycles. The van der Waals surface area contributed by atoms with Crippen molar-refractivity contribution in [3.05, 3.63) is 107 Å². The van der Waals surface area contributed by atoms with E-state index in [1.807, 2.05) is 78.2 Å². The van der Waals surface area contributed by atoms with Crippen molar-refractivity contribution in [1.82, 2.24) is 15.2 Å². The minimum Gasteiger partial charge on any atom is -0.444 e. The summed E-state index contributed by atoms with van der Waals surface area (Å²) in [5.74, 6) is 0.0370. The second-order valence-electron chi connectivity index (χ2n) is 9.91. The van der Waals surface area contributed by atoms with Gasteiger partial charge in [-0.3, -0.25) is 14.5 Å². The number of benzene rings is 3. The van der Waals surface area contributed by atoms with Crippen LogP contribution in [0.4, 0.5) is 9.93 Å². The predicted molar refractivity (Wildman–Crippen MR) is 161 cm³/mol. The smallest absolute Gasteiger partial charge is 0.412 e. The average Bonchev–Trinajstić information content (AvgIpc) is 3.51. The first kappa shape index (κ1) is 27.0. The van der Waals surface area contributed by atoms with Crippen LogP contribution in [0.3, 0.4) is 0 Å². The monoisotopic (exact) mass is 584 g/mol. The number of carbonyl (C=O) groups excluding carboxylic acids is 3. The van der Waals surface area contributed by atoms with Gasteiger partial charge in [0.15, 0.2) is 5.13 Å². The second kappa shape index (κ2) is 12.2. The number of thioether (sulfide) groups is 1. The molecule has 1 saturated heterocycles. The predicted octanol–water partition coefficient (Wildman–Crippen LogP) is 6.09. The molecule has 10 heteroatoms. The first-order valence-corrected chi connectivity index (χ1v) is 15.3. The highest BCUT2D eigenvalue weighted by Gasteiger charge is 2.43. The van der Waals surface area contributed by atoms with Crippen molar-refractivity contribution in [1.29, 1.82) is 0 Å². The Morgan fingerprint density at radius 2 is 1.63 bits per heavy atom. The van der Waals surface area contributed by atoms with E-state index < -0.39 is 12.1 Å². The van der Waals surface area contributed by atoms with Gasteiger partial charge in [-0.1, -0.05) is 72.8 Å². The zero-order valence-corrected chi connectivity index (χ0v) is 23.7. The molecule has 2 atom stereocenters. The normalized spacial score (nSPS) is 18.1. The van der Waals surface area contributed by atoms with E-state index in [0.29, 0.717) is 28.2 Å². The van der Waals surface area contributed by atoms with Gasteiger partial charge in [0.1, 0.15) is 18.0 Å². The molecular weight excluding hydrogens is 556 g/mol. The van der Waals surface area contributed by atoms with Gasteiger partial charge in [-0.15, -0.1) is 23.1 Å². The molecule has 2 heterocycles. The van der Waals surface area contributed by atoms with Crippen LogP contribution in [-0.2, 0) is 16.1 Å². The Labute approximate surface area is 246 Å². The molecule has 1 aliphatic carbocycles. The molecule has 0 radical (unpaired) electrons. The number of hydrogen-bond donors (Lipinski definition) is 2. The number of rotatable bonds is 8. The molecule has 2 N–H and O–H groups in total. The molecule has 3 aromatic carbocycles. The van der Waals surface area contributed by atoms with Crippen LogP contribution in [-0.4, -0.2) is 45.6 Å². The van der Waals surface area contributed by atoms with Crippen LogP contribution in [0.2, 0.25) is 0 Å². The lowest BCUT2D eigenvalue weighted by molar-refractivity contribution is -0.120. The molecule has 8 nitrogen and oxygen atoms in total. The van der Waals surface area contributed by atoms with Crippen LogP contribution < -0.4 is 10.6 Å². The lowest BCUT2D eigenvalue weighted by Crippen LogP contribution is -2.45. The van der Waals surface area contributed by atoms with Gasteiger partial charge < -0.3 is 15.4 Å². The van der Waals surface area contributed by atoms with Crippen molar-refractivity contribution < 1.29 is 19.1 Å². The first-order valence-electron chi connectivity index (χ1n) is 13.4. The van der Waals surface area contributed by atoms with Crippen LogP contribution in [0.25, 0.3) is 11.3 Å². The van der Waals surface area contributed by atoms with Crippen LogP contribution in [0.5, 0.6) is 0 Å². The zero-order valence-electron chi connectivity index (χ0n) is 22.1. The molecule has 2 aliphatic rings. The fourth-order valence-corrected chi connectivity index (χ4v) is 6.68. The minimum absolute atomic E-state index is 0.0691. The van der Waals surface area contributed by atoms with Crippen LogP contribution in [0, 0.1) is 0 Å². The molecule has 1 saturated carbocycles. The van der Waals surface area contributed by atoms with Crippen molar-refractivity contribution in [3.63, 3.8) is 0 Å². The van der Waals surface area contributed by atoms with E-state index in [1.165, 1.54) is 28.0 Å². The van der Waals surface area contributed by atoms with E-state index in [9.17, 15) is 14.4 Å². The quantitative estimate of drug-likeness (QED) is 0.260. The van der Waals surface area contributed by atoms with Crippen molar-refractivity contribution in [2.45, 2.75) is 36.9 Å². The molecular formula is C31H28N4O4S2. The fraction of sp³-hybridized carbons (Fsp3) is 0.226. The Bertz CT molecular complexity index is 1520. The number of nitrogens with one attached hydrogen (secondary N) is 2. The maximum atomic E-state index is 13.5. The highest BCUT2D eigenvalue weighted by atomic mass is 32.2. The number of thiazole rings is 1. The van der Waals surface area contributed by atoms with Crippen LogP contribution >= 0.6 is 23.1 Å². The molecule has 2 unspecified atom stereocenters. The number of carbonyl (C=O) groups is 3. The number of nitrogens with zero attached hydrogens (tertiary/aromatic N) is 2. The molecule has 0 bridgehead atoms. The topological polar surface area (TPSA) is 101 Å². The van der Waals surface area contributed by atoms with Gasteiger partial charge >= 0.3 is 6.09 Å². The average molecular weight is 585 g/mol. The van der Waals surface area contributed by atoms with Crippen molar-refractivity contribution >= 4 is 46.1 Å². The summed E-state index contributed by atoms with van der Waals surface area (Å²) in [5.41, 5.74) is 3.94. The summed E-state index contributed by atoms with van der Waals surface area (Å²) in [4.78, 5) is 45.3. The third-order valence-electron chi connectivity index (χ3n) is 6.89. The maximum Gasteiger partial charge on any atom is 0.412 e. The van der Waals surface area contributed by atoms with Crippen molar-refractivity contribution in [2.75, 3.05) is 11.1 Å². The summed E-state index contributed by atoms with van der Waals surface area (Å²) in [5, 5.41) is 7.83. The van der Waals surface area contributed by atoms with Crippen LogP contribution in [0.1, 0.15) is 39.7 Å². The van der Waals surface area contributed by atoms with Gasteiger partial charge in [-0.2, -0.15) is 0 Å². The highest BCUT2D eigenvalue weighted by Crippen LogP contribution is 2.42. The molecule has 41 heavy (non-hydrogen) atoms. The third-order valence-corrected chi connectivity index (χ3v) is 8.97. The largest absolute Gasteiger partial charge is 0.444 e. The molecule has 2 fully saturated rings. The highest BCUT2D eigenvalue weighted by molar-refractivity contribution is 7.99. The van der Waals surface area contributed by atoms with Crippen molar-refractivity contribution in [2.24, 2.45) is 0 Å². The standard InChI is InChI=1S/C31H28N4O4S2/c36-27(32-24-15-16-24)22-13-11-21(12-14-22)25-18-41-30(33-25)34-28(37)26-19-40-29(23-9-5-2-6-10-23)35(26)31(38)39-17-20-7-3-1-4-8-20/h1-14,18,24,26,29H,15-17,19H2,(H,32,36)(H,33,34,37). The van der Waals surface area contributed by atoms with Gasteiger partial charge in [-0.05, 0) is 36.1 Å². The van der Waals surface area contributed by atoms with Gasteiger partial charge in [0.25, 0.3) is 5.91 Å². The van der Waals surface area contributed by atoms with E-state index in [1.54, 1.807) is 12.1 Å². The Morgan fingerprint density at radius 1 is 0.927 bits per heavy atom. The molecule has 6 rings (SSSR count). The Kier molecular flexibility index (Phi) is 8.02. The first-order chi connectivity index (χ1) is 20.0. The fourth-order valence-electron chi connectivity index (χ4n) is 4.54. The van der Waals surface area contributed by atoms with Crippen LogP contribution in [0.15, 0.2) is 90.3 Å². The van der Waals surface area contributed by atoms with E-state index >= 15 is 0 Å². The van der Waals surface area contributed by atoms with E-state index in [-0.39, 0.29) is 23.8 Å². The number of ether oxygens (including phenoxy) is 1. The van der Waals surface area contributed by atoms with Gasteiger partial charge in [-0.25, -0.2) is 9.78 Å². The zero-order chi connectivity index (χ0) is 28.2. The lowest BCUT2D eigenvalue weighted by Gasteiger charge is -2.28. The molecule has 0 spiro atoms. The molecule has 3 amide bonds. The maximum absolute atomic E-state index is 13.5. The molecule has 1 aliphatic heterocycles. The number of aromatic nitrogens is 1. The summed E-state index contributed by atoms with van der Waals surface area (Å²) in [6.45, 7) is 0.119. The summed E-state index contributed by atoms with van der Waals surface area (Å²) in [6.07, 6.45) is 1.53. The number of amides is 3. The third kappa shape index (κ3) is 6.44. The van der Waals surface area contributed by atoms with Gasteiger partial charge in [0.05, 0.1) is 5.69 Å². The lowest BCUT2D eigenvalue weighted by atomic mass is 10.1. The second-order valence-corrected chi connectivity index (χ2v) is 11.9. The Hall–Kier alpha value is -4.15. The summed E-state index contributed by atoms with van der Waals surface area (Å²) in [7, 11) is 0. The van der Waals surface area contributed by atoms with E-state index in [4.69, 9.17) is 4.74 Å². The van der Waals surface area contributed by atoms with Crippen molar-refractivity contribution in [3.8, 4) is 11.3 Å². The Balaban J connectivity index is 1.14.